The normalized spacial score (nSPS) is 13.9. The first-order valence-corrected chi connectivity index (χ1v) is 12.9. The second kappa shape index (κ2) is 9.31. The van der Waals surface area contributed by atoms with E-state index < -0.39 is 38.8 Å². The molecule has 0 aliphatic rings. The van der Waals surface area contributed by atoms with Crippen molar-refractivity contribution in [2.24, 2.45) is 7.05 Å². The number of methoxy groups -OCH3 is 1. The van der Waals surface area contributed by atoms with Gasteiger partial charge in [-0.15, -0.1) is 0 Å². The quantitative estimate of drug-likeness (QED) is 0.358. The van der Waals surface area contributed by atoms with Crippen LogP contribution in [0.3, 0.4) is 0 Å². The van der Waals surface area contributed by atoms with Gasteiger partial charge in [0, 0.05) is 30.9 Å². The van der Waals surface area contributed by atoms with Crippen LogP contribution in [0.2, 0.25) is 0 Å². The second-order valence-corrected chi connectivity index (χ2v) is 10.7. The van der Waals surface area contributed by atoms with E-state index in [4.69, 9.17) is 4.74 Å². The third kappa shape index (κ3) is 4.72. The summed E-state index contributed by atoms with van der Waals surface area (Å²) in [5.74, 6) is -1.03. The molecule has 1 atom stereocenters. The Bertz CT molecular complexity index is 1600. The molecule has 3 aromatic carbocycles. The molecule has 0 bridgehead atoms. The molecule has 4 aromatic rings. The number of Topliss-reactive ketones (excluding diaryl/α,β-unsaturated/α-hetero) is 1. The fourth-order valence-electron chi connectivity index (χ4n) is 4.22. The summed E-state index contributed by atoms with van der Waals surface area (Å²) in [4.78, 5) is 17.3. The fraction of sp³-hybridized carbons (Fsp3) is 0.231. The van der Waals surface area contributed by atoms with E-state index in [-0.39, 0.29) is 33.7 Å². The molecular weight excluding hydrogens is 509 g/mol. The van der Waals surface area contributed by atoms with Gasteiger partial charge in [-0.3, -0.25) is 4.79 Å². The Kier molecular flexibility index (Phi) is 6.63. The lowest BCUT2D eigenvalue weighted by Gasteiger charge is -2.30. The Balaban J connectivity index is 1.83. The molecule has 0 amide bonds. The molecule has 37 heavy (non-hydrogen) atoms. The first-order chi connectivity index (χ1) is 17.3. The van der Waals surface area contributed by atoms with E-state index in [0.29, 0.717) is 5.56 Å². The largest absolute Gasteiger partial charge is 0.494 e. The highest BCUT2D eigenvalue weighted by Crippen LogP contribution is 2.45. The average Bonchev–Trinajstić information content (AvgIpc) is 3.19. The molecule has 0 fully saturated rings. The van der Waals surface area contributed by atoms with Crippen molar-refractivity contribution in [1.82, 2.24) is 9.55 Å². The number of aryl methyl sites for hydroxylation is 1. The smallest absolute Gasteiger partial charge is 0.428 e. The number of alkyl halides is 3. The minimum Gasteiger partial charge on any atom is -0.494 e. The number of aliphatic hydroxyl groups is 1. The molecule has 0 spiro atoms. The minimum absolute atomic E-state index is 0.0173. The highest BCUT2D eigenvalue weighted by Gasteiger charge is 2.59. The second-order valence-electron chi connectivity index (χ2n) is 8.63. The van der Waals surface area contributed by atoms with Gasteiger partial charge in [-0.1, -0.05) is 42.5 Å². The fourth-order valence-corrected chi connectivity index (χ4v) is 4.91. The zero-order chi connectivity index (χ0) is 27.2. The molecule has 1 unspecified atom stereocenters. The number of sulfone groups is 1. The van der Waals surface area contributed by atoms with E-state index in [1.165, 1.54) is 62.7 Å². The summed E-state index contributed by atoms with van der Waals surface area (Å²) in [5.41, 5.74) is -3.11. The van der Waals surface area contributed by atoms with Gasteiger partial charge >= 0.3 is 6.18 Å². The van der Waals surface area contributed by atoms with E-state index in [2.05, 4.69) is 4.98 Å². The molecule has 0 radical (unpaired) electrons. The molecule has 0 aliphatic heterocycles. The third-order valence-corrected chi connectivity index (χ3v) is 7.20. The summed E-state index contributed by atoms with van der Waals surface area (Å²) in [6, 6.07) is 15.2. The predicted molar refractivity (Wildman–Crippen MR) is 130 cm³/mol. The molecule has 4 rings (SSSR count). The molecular formula is C26H23F3N2O5S. The van der Waals surface area contributed by atoms with Crippen LogP contribution < -0.4 is 4.74 Å². The number of rotatable bonds is 7. The molecule has 0 aliphatic carbocycles. The number of hydrogen-bond acceptors (Lipinski definition) is 6. The molecule has 7 nitrogen and oxygen atoms in total. The van der Waals surface area contributed by atoms with E-state index in [1.807, 2.05) is 0 Å². The first-order valence-electron chi connectivity index (χ1n) is 11.0. The van der Waals surface area contributed by atoms with Crippen molar-refractivity contribution < 1.29 is 36.2 Å². The Hall–Kier alpha value is -3.70. The molecule has 1 N–H and O–H groups in total. The lowest BCUT2D eigenvalue weighted by molar-refractivity contribution is -0.251. The predicted octanol–water partition coefficient (Wildman–Crippen LogP) is 4.21. The van der Waals surface area contributed by atoms with Crippen molar-refractivity contribution in [1.29, 1.82) is 0 Å². The van der Waals surface area contributed by atoms with Gasteiger partial charge in [-0.25, -0.2) is 13.4 Å². The van der Waals surface area contributed by atoms with Crippen molar-refractivity contribution in [3.05, 3.63) is 89.2 Å². The van der Waals surface area contributed by atoms with Gasteiger partial charge in [-0.05, 0) is 29.8 Å². The van der Waals surface area contributed by atoms with Crippen LogP contribution in [0.15, 0.2) is 71.6 Å². The highest BCUT2D eigenvalue weighted by molar-refractivity contribution is 7.90. The Morgan fingerprint density at radius 2 is 1.73 bits per heavy atom. The molecule has 194 valence electrons. The van der Waals surface area contributed by atoms with Gasteiger partial charge in [0.2, 0.25) is 5.60 Å². The highest BCUT2D eigenvalue weighted by atomic mass is 32.2. The van der Waals surface area contributed by atoms with Crippen LogP contribution in [0, 0.1) is 0 Å². The number of carbonyl (C=O) groups excluding carboxylic acids is 1. The van der Waals surface area contributed by atoms with Crippen LogP contribution >= 0.6 is 0 Å². The number of halogens is 3. The minimum atomic E-state index is -5.11. The SMILES string of the molecule is COc1cc(C(=O)Cc2cccc(S(C)(=O)=O)c2)cc2nc(C(O)(c3ccccc3)C(F)(F)F)n(C)c12. The molecule has 11 heteroatoms. The van der Waals surface area contributed by atoms with Crippen molar-refractivity contribution in [2.45, 2.75) is 23.1 Å². The van der Waals surface area contributed by atoms with E-state index in [9.17, 15) is 31.5 Å². The zero-order valence-electron chi connectivity index (χ0n) is 20.1. The maximum Gasteiger partial charge on any atom is 0.428 e. The van der Waals surface area contributed by atoms with Crippen LogP contribution in [0.25, 0.3) is 11.0 Å². The Morgan fingerprint density at radius 1 is 1.05 bits per heavy atom. The topological polar surface area (TPSA) is 98.5 Å². The lowest BCUT2D eigenvalue weighted by Crippen LogP contribution is -2.45. The Labute approximate surface area is 211 Å². The first kappa shape index (κ1) is 26.4. The van der Waals surface area contributed by atoms with Crippen LogP contribution in [0.5, 0.6) is 5.75 Å². The van der Waals surface area contributed by atoms with Gasteiger partial charge in [0.1, 0.15) is 11.3 Å². The zero-order valence-corrected chi connectivity index (χ0v) is 20.9. The number of ether oxygens (including phenoxy) is 1. The van der Waals surface area contributed by atoms with Gasteiger partial charge in [-0.2, -0.15) is 13.2 Å². The number of aromatic nitrogens is 2. The van der Waals surface area contributed by atoms with Crippen molar-refractivity contribution in [2.75, 3.05) is 13.4 Å². The number of ketones is 1. The van der Waals surface area contributed by atoms with Crippen LogP contribution in [0.4, 0.5) is 13.2 Å². The summed E-state index contributed by atoms with van der Waals surface area (Å²) in [6.45, 7) is 0. The lowest BCUT2D eigenvalue weighted by atomic mass is 9.92. The number of hydrogen-bond donors (Lipinski definition) is 1. The summed E-state index contributed by atoms with van der Waals surface area (Å²) in [7, 11) is -0.847. The van der Waals surface area contributed by atoms with Gasteiger partial charge in [0.05, 0.1) is 17.5 Å². The molecule has 0 saturated carbocycles. The van der Waals surface area contributed by atoms with Crippen LogP contribution in [-0.2, 0) is 28.9 Å². The number of fused-ring (bicyclic) bond motifs is 1. The number of carbonyl (C=O) groups is 1. The van der Waals surface area contributed by atoms with Crippen molar-refractivity contribution >= 4 is 26.7 Å². The van der Waals surface area contributed by atoms with Crippen molar-refractivity contribution in [3.8, 4) is 5.75 Å². The average molecular weight is 533 g/mol. The summed E-state index contributed by atoms with van der Waals surface area (Å²) < 4.78 is 73.1. The number of benzene rings is 3. The maximum absolute atomic E-state index is 14.3. The molecule has 1 aromatic heterocycles. The van der Waals surface area contributed by atoms with Gasteiger partial charge in [0.25, 0.3) is 0 Å². The van der Waals surface area contributed by atoms with Gasteiger partial charge in [0.15, 0.2) is 21.4 Å². The van der Waals surface area contributed by atoms with E-state index in [0.717, 1.165) is 23.0 Å². The van der Waals surface area contributed by atoms with Crippen LogP contribution in [-0.4, -0.2) is 48.4 Å². The maximum atomic E-state index is 14.3. The van der Waals surface area contributed by atoms with Crippen LogP contribution in [0.1, 0.15) is 27.3 Å². The molecule has 0 saturated heterocycles. The summed E-state index contributed by atoms with van der Waals surface area (Å²) >= 11 is 0. The summed E-state index contributed by atoms with van der Waals surface area (Å²) in [5, 5.41) is 11.0. The van der Waals surface area contributed by atoms with Gasteiger partial charge < -0.3 is 14.4 Å². The molecule has 1 heterocycles. The monoisotopic (exact) mass is 532 g/mol. The Morgan fingerprint density at radius 3 is 2.32 bits per heavy atom. The standard InChI is InChI=1S/C26H23F3N2O5S/c1-31-23-20(30-24(31)25(33,26(27,28)29)18-9-5-4-6-10-18)14-17(15-22(23)36-2)21(32)13-16-8-7-11-19(12-16)37(3,34)35/h4-12,14-15,33H,13H2,1-3H3. The van der Waals surface area contributed by atoms with E-state index in [1.54, 1.807) is 6.07 Å². The summed E-state index contributed by atoms with van der Waals surface area (Å²) in [6.07, 6.45) is -4.21. The number of imidazole rings is 1. The van der Waals surface area contributed by atoms with E-state index >= 15 is 0 Å². The number of nitrogens with zero attached hydrogens (tertiary/aromatic N) is 2. The van der Waals surface area contributed by atoms with Crippen molar-refractivity contribution in [3.63, 3.8) is 0 Å². The third-order valence-electron chi connectivity index (χ3n) is 6.09.